The number of benzene rings is 1. The van der Waals surface area contributed by atoms with Gasteiger partial charge < -0.3 is 10.6 Å². The van der Waals surface area contributed by atoms with E-state index in [0.29, 0.717) is 12.6 Å². The van der Waals surface area contributed by atoms with Gasteiger partial charge in [0.1, 0.15) is 0 Å². The van der Waals surface area contributed by atoms with Gasteiger partial charge in [0.15, 0.2) is 0 Å². The van der Waals surface area contributed by atoms with Gasteiger partial charge >= 0.3 is 0 Å². The molecule has 1 fully saturated rings. The van der Waals surface area contributed by atoms with Crippen LogP contribution in [-0.2, 0) is 4.79 Å². The van der Waals surface area contributed by atoms with E-state index in [4.69, 9.17) is 0 Å². The molecule has 0 radical (unpaired) electrons. The van der Waals surface area contributed by atoms with Gasteiger partial charge in [-0.3, -0.25) is 9.69 Å². The van der Waals surface area contributed by atoms with Crippen molar-refractivity contribution in [3.05, 3.63) is 28.2 Å². The smallest absolute Gasteiger partial charge is 0.238 e. The van der Waals surface area contributed by atoms with Gasteiger partial charge in [0.2, 0.25) is 5.91 Å². The van der Waals surface area contributed by atoms with Crippen LogP contribution in [0.1, 0.15) is 24.8 Å². The standard InChI is InChI=1S/C16H24BrN3O/c1-12-10-13(17)5-6-15(12)19-16(21)11-20(2)14-4-3-8-18-9-7-14/h5-6,10,14,18H,3-4,7-9,11H2,1-2H3,(H,19,21). The summed E-state index contributed by atoms with van der Waals surface area (Å²) in [5, 5.41) is 6.41. The molecule has 1 unspecified atom stereocenters. The van der Waals surface area contributed by atoms with Crippen molar-refractivity contribution in [2.45, 2.75) is 32.2 Å². The van der Waals surface area contributed by atoms with Gasteiger partial charge in [-0.2, -0.15) is 0 Å². The zero-order chi connectivity index (χ0) is 15.2. The Morgan fingerprint density at radius 3 is 3.00 bits per heavy atom. The fourth-order valence-electron chi connectivity index (χ4n) is 2.75. The van der Waals surface area contributed by atoms with E-state index < -0.39 is 0 Å². The maximum absolute atomic E-state index is 12.2. The Bertz CT molecular complexity index is 484. The molecule has 1 aromatic carbocycles. The summed E-state index contributed by atoms with van der Waals surface area (Å²) in [4.78, 5) is 14.4. The van der Waals surface area contributed by atoms with Crippen LogP contribution in [0, 0.1) is 6.92 Å². The van der Waals surface area contributed by atoms with Crippen LogP contribution in [0.15, 0.2) is 22.7 Å². The van der Waals surface area contributed by atoms with Crippen molar-refractivity contribution in [2.75, 3.05) is 32.0 Å². The second-order valence-electron chi connectivity index (χ2n) is 5.76. The van der Waals surface area contributed by atoms with Crippen LogP contribution in [0.4, 0.5) is 5.69 Å². The van der Waals surface area contributed by atoms with Crippen LogP contribution >= 0.6 is 15.9 Å². The molecule has 5 heteroatoms. The zero-order valence-corrected chi connectivity index (χ0v) is 14.4. The highest BCUT2D eigenvalue weighted by Crippen LogP contribution is 2.20. The zero-order valence-electron chi connectivity index (χ0n) is 12.8. The number of amides is 1. The summed E-state index contributed by atoms with van der Waals surface area (Å²) in [7, 11) is 2.05. The van der Waals surface area contributed by atoms with Gasteiger partial charge in [0.25, 0.3) is 0 Å². The first-order valence-corrected chi connectivity index (χ1v) is 8.32. The third-order valence-corrected chi connectivity index (χ3v) is 4.52. The molecule has 2 N–H and O–H groups in total. The van der Waals surface area contributed by atoms with Gasteiger partial charge in [-0.1, -0.05) is 15.9 Å². The third kappa shape index (κ3) is 5.09. The quantitative estimate of drug-likeness (QED) is 0.874. The summed E-state index contributed by atoms with van der Waals surface area (Å²) in [6, 6.07) is 6.39. The first kappa shape index (κ1) is 16.5. The van der Waals surface area contributed by atoms with Crippen LogP contribution in [0.5, 0.6) is 0 Å². The number of carbonyl (C=O) groups is 1. The van der Waals surface area contributed by atoms with Crippen LogP contribution in [0.25, 0.3) is 0 Å². The van der Waals surface area contributed by atoms with Crippen LogP contribution in [-0.4, -0.2) is 43.5 Å². The molecule has 0 spiro atoms. The number of hydrogen-bond acceptors (Lipinski definition) is 3. The Labute approximate surface area is 135 Å². The Hall–Kier alpha value is -0.910. The summed E-state index contributed by atoms with van der Waals surface area (Å²) >= 11 is 3.44. The highest BCUT2D eigenvalue weighted by molar-refractivity contribution is 9.10. The van der Waals surface area contributed by atoms with Crippen LogP contribution < -0.4 is 10.6 Å². The number of nitrogens with one attached hydrogen (secondary N) is 2. The van der Waals surface area contributed by atoms with Crippen LogP contribution in [0.2, 0.25) is 0 Å². The fourth-order valence-corrected chi connectivity index (χ4v) is 3.23. The first-order chi connectivity index (χ1) is 10.1. The maximum Gasteiger partial charge on any atom is 0.238 e. The molecule has 1 amide bonds. The van der Waals surface area contributed by atoms with Crippen molar-refractivity contribution in [3.8, 4) is 0 Å². The lowest BCUT2D eigenvalue weighted by Crippen LogP contribution is -2.38. The van der Waals surface area contributed by atoms with Crippen molar-refractivity contribution in [1.82, 2.24) is 10.2 Å². The van der Waals surface area contributed by atoms with E-state index in [1.165, 1.54) is 6.42 Å². The highest BCUT2D eigenvalue weighted by atomic mass is 79.9. The molecule has 4 nitrogen and oxygen atoms in total. The summed E-state index contributed by atoms with van der Waals surface area (Å²) in [6.07, 6.45) is 3.46. The number of carbonyl (C=O) groups excluding carboxylic acids is 1. The molecule has 1 heterocycles. The fraction of sp³-hybridized carbons (Fsp3) is 0.562. The topological polar surface area (TPSA) is 44.4 Å². The molecule has 1 aliphatic heterocycles. The predicted octanol–water partition coefficient (Wildman–Crippen LogP) is 2.77. The molecule has 0 aliphatic carbocycles. The second-order valence-corrected chi connectivity index (χ2v) is 6.67. The molecule has 0 saturated carbocycles. The molecular formula is C16H24BrN3O. The molecule has 116 valence electrons. The monoisotopic (exact) mass is 353 g/mol. The van der Waals surface area contributed by atoms with E-state index >= 15 is 0 Å². The molecule has 0 aromatic heterocycles. The van der Waals surface area contributed by atoms with Crippen molar-refractivity contribution in [3.63, 3.8) is 0 Å². The lowest BCUT2D eigenvalue weighted by atomic mass is 10.1. The Morgan fingerprint density at radius 1 is 1.43 bits per heavy atom. The number of rotatable bonds is 4. The van der Waals surface area contributed by atoms with Gasteiger partial charge in [-0.05, 0) is 70.1 Å². The average molecular weight is 354 g/mol. The lowest BCUT2D eigenvalue weighted by molar-refractivity contribution is -0.117. The predicted molar refractivity (Wildman–Crippen MR) is 90.6 cm³/mol. The van der Waals surface area contributed by atoms with E-state index in [1.54, 1.807) is 0 Å². The van der Waals surface area contributed by atoms with E-state index in [-0.39, 0.29) is 5.91 Å². The molecule has 1 aliphatic rings. The van der Waals surface area contributed by atoms with E-state index in [0.717, 1.165) is 41.7 Å². The van der Waals surface area contributed by atoms with E-state index in [1.807, 2.05) is 32.2 Å². The molecular weight excluding hydrogens is 330 g/mol. The minimum Gasteiger partial charge on any atom is -0.325 e. The lowest BCUT2D eigenvalue weighted by Gasteiger charge is -2.26. The molecule has 1 saturated heterocycles. The van der Waals surface area contributed by atoms with Gasteiger partial charge in [0.05, 0.1) is 6.54 Å². The second kappa shape index (κ2) is 7.92. The number of anilines is 1. The SMILES string of the molecule is Cc1cc(Br)ccc1NC(=O)CN(C)C1CCCNCC1. The number of aryl methyl sites for hydroxylation is 1. The Kier molecular flexibility index (Phi) is 6.21. The van der Waals surface area contributed by atoms with Gasteiger partial charge in [-0.25, -0.2) is 0 Å². The molecule has 1 atom stereocenters. The first-order valence-electron chi connectivity index (χ1n) is 7.53. The van der Waals surface area contributed by atoms with E-state index in [2.05, 4.69) is 31.5 Å². The minimum atomic E-state index is 0.0557. The Balaban J connectivity index is 1.88. The average Bonchev–Trinajstić information content (AvgIpc) is 2.71. The summed E-state index contributed by atoms with van der Waals surface area (Å²) < 4.78 is 1.03. The van der Waals surface area contributed by atoms with Crippen molar-refractivity contribution >= 4 is 27.5 Å². The van der Waals surface area contributed by atoms with E-state index in [9.17, 15) is 4.79 Å². The normalized spacial score (nSPS) is 19.3. The van der Waals surface area contributed by atoms with Crippen molar-refractivity contribution in [1.29, 1.82) is 0 Å². The minimum absolute atomic E-state index is 0.0557. The molecule has 2 rings (SSSR count). The molecule has 1 aromatic rings. The van der Waals surface area contributed by atoms with Crippen molar-refractivity contribution in [2.24, 2.45) is 0 Å². The number of likely N-dealkylation sites (N-methyl/N-ethyl adjacent to an activating group) is 1. The van der Waals surface area contributed by atoms with Gasteiger partial charge in [-0.15, -0.1) is 0 Å². The summed E-state index contributed by atoms with van der Waals surface area (Å²) in [5.41, 5.74) is 1.96. The molecule has 0 bridgehead atoms. The van der Waals surface area contributed by atoms with Crippen LogP contribution in [0.3, 0.4) is 0 Å². The largest absolute Gasteiger partial charge is 0.325 e. The highest BCUT2D eigenvalue weighted by Gasteiger charge is 2.19. The summed E-state index contributed by atoms with van der Waals surface area (Å²) in [6.45, 7) is 4.58. The van der Waals surface area contributed by atoms with Crippen molar-refractivity contribution < 1.29 is 4.79 Å². The number of nitrogens with zero attached hydrogens (tertiary/aromatic N) is 1. The number of hydrogen-bond donors (Lipinski definition) is 2. The summed E-state index contributed by atoms with van der Waals surface area (Å²) in [5.74, 6) is 0.0557. The van der Waals surface area contributed by atoms with Gasteiger partial charge in [0, 0.05) is 16.2 Å². The Morgan fingerprint density at radius 2 is 2.24 bits per heavy atom. The third-order valence-electron chi connectivity index (χ3n) is 4.02. The maximum atomic E-state index is 12.2. The molecule has 21 heavy (non-hydrogen) atoms. The number of halogens is 1.